The van der Waals surface area contributed by atoms with Crippen molar-refractivity contribution in [3.05, 3.63) is 22.3 Å². The zero-order chi connectivity index (χ0) is 17.5. The summed E-state index contributed by atoms with van der Waals surface area (Å²) in [6.07, 6.45) is 7.06. The van der Waals surface area contributed by atoms with Gasteiger partial charge in [-0.3, -0.25) is 0 Å². The van der Waals surface area contributed by atoms with Crippen LogP contribution in [0.4, 0.5) is 0 Å². The lowest BCUT2D eigenvalue weighted by atomic mass is 9.99. The number of rotatable bonds is 9. The van der Waals surface area contributed by atoms with Gasteiger partial charge in [0.05, 0.1) is 25.4 Å². The van der Waals surface area contributed by atoms with Gasteiger partial charge in [0.2, 0.25) is 0 Å². The number of alkyl halides is 1. The molecule has 2 rings (SSSR count). The van der Waals surface area contributed by atoms with Gasteiger partial charge in [-0.05, 0) is 76.2 Å². The van der Waals surface area contributed by atoms with E-state index in [4.69, 9.17) is 25.8 Å². The van der Waals surface area contributed by atoms with Gasteiger partial charge < -0.3 is 14.2 Å². The molecule has 3 nitrogen and oxygen atoms in total. The van der Waals surface area contributed by atoms with Crippen molar-refractivity contribution in [1.82, 2.24) is 0 Å². The summed E-state index contributed by atoms with van der Waals surface area (Å²) in [7, 11) is 0. The van der Waals surface area contributed by atoms with Gasteiger partial charge in [0.25, 0.3) is 0 Å². The molecule has 4 atom stereocenters. The lowest BCUT2D eigenvalue weighted by molar-refractivity contribution is -0.184. The summed E-state index contributed by atoms with van der Waals surface area (Å²) in [5, 5.41) is 0.172. The van der Waals surface area contributed by atoms with Crippen LogP contribution in [-0.4, -0.2) is 37.1 Å². The average molecular weight is 469 g/mol. The van der Waals surface area contributed by atoms with Crippen LogP contribution in [0, 0.1) is 5.92 Å². The maximum absolute atomic E-state index is 6.48. The maximum atomic E-state index is 6.48. The topological polar surface area (TPSA) is 27.7 Å². The Hall–Kier alpha value is 0.380. The molecule has 2 aliphatic heterocycles. The molecule has 2 aliphatic rings. The van der Waals surface area contributed by atoms with Crippen molar-refractivity contribution in [2.24, 2.45) is 5.92 Å². The Balaban J connectivity index is 1.65. The lowest BCUT2D eigenvalue weighted by Gasteiger charge is -2.24. The van der Waals surface area contributed by atoms with Crippen LogP contribution in [-0.2, 0) is 14.2 Å². The van der Waals surface area contributed by atoms with Crippen molar-refractivity contribution >= 4 is 34.2 Å². The van der Waals surface area contributed by atoms with Gasteiger partial charge in [-0.15, -0.1) is 11.6 Å². The first-order chi connectivity index (χ1) is 11.5. The molecule has 2 fully saturated rings. The summed E-state index contributed by atoms with van der Waals surface area (Å²) >= 11 is 8.77. The van der Waals surface area contributed by atoms with E-state index >= 15 is 0 Å². The number of hydrogen-bond acceptors (Lipinski definition) is 3. The fraction of sp³-hybridized carbons (Fsp3) is 0.789. The third-order valence-electron chi connectivity index (χ3n) is 4.81. The van der Waals surface area contributed by atoms with Crippen LogP contribution in [0.2, 0.25) is 0 Å². The lowest BCUT2D eigenvalue weighted by Crippen LogP contribution is -2.26. The fourth-order valence-electron chi connectivity index (χ4n) is 3.23. The van der Waals surface area contributed by atoms with Gasteiger partial charge in [-0.1, -0.05) is 20.1 Å². The first-order valence-electron chi connectivity index (χ1n) is 9.00. The molecule has 0 unspecified atom stereocenters. The minimum Gasteiger partial charge on any atom is -0.370 e. The predicted molar refractivity (Wildman–Crippen MR) is 108 cm³/mol. The second-order valence-electron chi connectivity index (χ2n) is 6.97. The number of hydrogen-bond donors (Lipinski definition) is 0. The molecule has 138 valence electrons. The number of halogens is 2. The summed E-state index contributed by atoms with van der Waals surface area (Å²) in [5.41, 5.74) is 1.21. The molecule has 0 N–H and O–H groups in total. The molecule has 24 heavy (non-hydrogen) atoms. The second kappa shape index (κ2) is 10.5. The molecule has 0 radical (unpaired) electrons. The quantitative estimate of drug-likeness (QED) is 0.250. The minimum atomic E-state index is -0.0512. The van der Waals surface area contributed by atoms with Crippen molar-refractivity contribution in [2.45, 2.75) is 75.7 Å². The minimum absolute atomic E-state index is 0.0512. The van der Waals surface area contributed by atoms with E-state index in [-0.39, 0.29) is 23.9 Å². The van der Waals surface area contributed by atoms with Crippen LogP contribution in [0.25, 0.3) is 0 Å². The van der Waals surface area contributed by atoms with Crippen LogP contribution >= 0.6 is 34.2 Å². The van der Waals surface area contributed by atoms with Gasteiger partial charge in [-0.2, -0.15) is 0 Å². The highest BCUT2D eigenvalue weighted by Crippen LogP contribution is 2.32. The van der Waals surface area contributed by atoms with E-state index in [1.54, 1.807) is 0 Å². The Bertz CT molecular complexity index is 423. The van der Waals surface area contributed by atoms with Gasteiger partial charge in [0.1, 0.15) is 0 Å². The van der Waals surface area contributed by atoms with E-state index in [9.17, 15) is 0 Å². The molecule has 2 heterocycles. The Morgan fingerprint density at radius 3 is 2.67 bits per heavy atom. The van der Waals surface area contributed by atoms with Crippen molar-refractivity contribution in [1.29, 1.82) is 0 Å². The second-order valence-corrected chi connectivity index (χ2v) is 8.97. The van der Waals surface area contributed by atoms with Crippen molar-refractivity contribution < 1.29 is 14.2 Å². The first-order valence-corrected chi connectivity index (χ1v) is 10.5. The molecule has 0 aliphatic carbocycles. The molecule has 0 aromatic carbocycles. The summed E-state index contributed by atoms with van der Waals surface area (Å²) < 4.78 is 18.6. The van der Waals surface area contributed by atoms with Crippen LogP contribution in [0.3, 0.4) is 0 Å². The molecule has 0 saturated carbocycles. The largest absolute Gasteiger partial charge is 0.370 e. The van der Waals surface area contributed by atoms with Crippen LogP contribution in [0.5, 0.6) is 0 Å². The molecular formula is C19H30ClIO3. The average Bonchev–Trinajstić information content (AvgIpc) is 2.92. The predicted octanol–water partition coefficient (Wildman–Crippen LogP) is 5.61. The van der Waals surface area contributed by atoms with Gasteiger partial charge in [-0.25, -0.2) is 0 Å². The number of ether oxygens (including phenoxy) is 3. The van der Waals surface area contributed by atoms with E-state index in [1.165, 1.54) is 9.15 Å². The van der Waals surface area contributed by atoms with Crippen LogP contribution in [0.15, 0.2) is 22.3 Å². The van der Waals surface area contributed by atoms with Crippen LogP contribution in [0.1, 0.15) is 51.9 Å². The van der Waals surface area contributed by atoms with E-state index in [0.717, 1.165) is 58.2 Å². The molecular weight excluding hydrogens is 439 g/mol. The van der Waals surface area contributed by atoms with Gasteiger partial charge in [0.15, 0.2) is 6.29 Å². The Morgan fingerprint density at radius 2 is 2.00 bits per heavy atom. The third kappa shape index (κ3) is 6.94. The summed E-state index contributed by atoms with van der Waals surface area (Å²) in [4.78, 5) is 0. The zero-order valence-electron chi connectivity index (χ0n) is 14.6. The molecule has 2 saturated heterocycles. The third-order valence-corrected chi connectivity index (χ3v) is 6.27. The van der Waals surface area contributed by atoms with E-state index in [0.29, 0.717) is 5.92 Å². The van der Waals surface area contributed by atoms with E-state index in [1.807, 2.05) is 0 Å². The van der Waals surface area contributed by atoms with E-state index < -0.39 is 0 Å². The highest BCUT2D eigenvalue weighted by molar-refractivity contribution is 14.1. The summed E-state index contributed by atoms with van der Waals surface area (Å²) in [6, 6.07) is 0. The summed E-state index contributed by atoms with van der Waals surface area (Å²) in [5.74, 6) is 0.462. The Morgan fingerprint density at radius 1 is 1.29 bits per heavy atom. The Labute approximate surface area is 165 Å². The van der Waals surface area contributed by atoms with Crippen molar-refractivity contribution in [3.8, 4) is 0 Å². The normalized spacial score (nSPS) is 28.0. The zero-order valence-corrected chi connectivity index (χ0v) is 17.6. The molecule has 0 spiro atoms. The standard InChI is InChI=1S/C19H30ClIO3/c1-13(15(3)21)11-16(20)5-7-18-14(2)12-17(24-18)6-8-19-22-9-4-10-23-19/h13,16-19H,2-12H2,1H3/t13-,16+,17+,18+/m1/s1. The van der Waals surface area contributed by atoms with Crippen molar-refractivity contribution in [3.63, 3.8) is 0 Å². The SMILES string of the molecule is C=C(I)[C@H](C)C[C@@H](Cl)CC[C@@H]1O[C@@H](CCC2OCCCO2)CC1=C. The molecule has 0 bridgehead atoms. The smallest absolute Gasteiger partial charge is 0.157 e. The van der Waals surface area contributed by atoms with Gasteiger partial charge >= 0.3 is 0 Å². The molecule has 0 amide bonds. The van der Waals surface area contributed by atoms with Crippen LogP contribution < -0.4 is 0 Å². The Kier molecular flexibility index (Phi) is 9.06. The number of allylic oxidation sites excluding steroid dienone is 1. The first kappa shape index (κ1) is 20.7. The highest BCUT2D eigenvalue weighted by Gasteiger charge is 2.30. The maximum Gasteiger partial charge on any atom is 0.157 e. The van der Waals surface area contributed by atoms with E-state index in [2.05, 4.69) is 42.7 Å². The highest BCUT2D eigenvalue weighted by atomic mass is 127. The molecule has 0 aromatic heterocycles. The summed E-state index contributed by atoms with van der Waals surface area (Å²) in [6.45, 7) is 12.0. The van der Waals surface area contributed by atoms with Crippen molar-refractivity contribution in [2.75, 3.05) is 13.2 Å². The molecule has 0 aromatic rings. The fourth-order valence-corrected chi connectivity index (χ4v) is 3.88. The molecule has 5 heteroatoms. The van der Waals surface area contributed by atoms with Gasteiger partial charge in [0, 0.05) is 11.8 Å². The monoisotopic (exact) mass is 468 g/mol.